The zero-order chi connectivity index (χ0) is 17.6. The molecule has 8 nitrogen and oxygen atoms in total. The van der Waals surface area contributed by atoms with Crippen molar-refractivity contribution >= 4 is 34.0 Å². The van der Waals surface area contributed by atoms with Crippen LogP contribution in [0.4, 0.5) is 10.8 Å². The van der Waals surface area contributed by atoms with Crippen molar-refractivity contribution in [3.8, 4) is 0 Å². The average molecular weight is 360 g/mol. The van der Waals surface area contributed by atoms with Crippen LogP contribution in [0, 0.1) is 12.8 Å². The molecule has 3 heterocycles. The highest BCUT2D eigenvalue weighted by atomic mass is 32.1. The second kappa shape index (κ2) is 8.02. The maximum atomic E-state index is 12.3. The highest BCUT2D eigenvalue weighted by Gasteiger charge is 2.36. The molecule has 2 aromatic rings. The van der Waals surface area contributed by atoms with Crippen LogP contribution in [0.5, 0.6) is 0 Å². The lowest BCUT2D eigenvalue weighted by molar-refractivity contribution is -0.126. The summed E-state index contributed by atoms with van der Waals surface area (Å²) in [7, 11) is 0. The Morgan fingerprint density at radius 2 is 2.28 bits per heavy atom. The summed E-state index contributed by atoms with van der Waals surface area (Å²) in [4.78, 5) is 29.9. The van der Waals surface area contributed by atoms with Crippen LogP contribution in [0.25, 0.3) is 0 Å². The van der Waals surface area contributed by atoms with Gasteiger partial charge in [0.1, 0.15) is 5.01 Å². The van der Waals surface area contributed by atoms with Crippen molar-refractivity contribution in [3.05, 3.63) is 29.5 Å². The number of nitrogens with zero attached hydrogens (tertiary/aromatic N) is 4. The molecule has 0 aliphatic carbocycles. The maximum absolute atomic E-state index is 12.3. The molecule has 1 unspecified atom stereocenters. The number of aromatic nitrogens is 3. The van der Waals surface area contributed by atoms with E-state index in [9.17, 15) is 9.59 Å². The molecule has 25 heavy (non-hydrogen) atoms. The third-order valence-electron chi connectivity index (χ3n) is 3.89. The first-order chi connectivity index (χ1) is 12.1. The number of aryl methyl sites for hydroxylation is 1. The molecule has 0 aromatic carbocycles. The van der Waals surface area contributed by atoms with Gasteiger partial charge in [0, 0.05) is 38.4 Å². The van der Waals surface area contributed by atoms with Gasteiger partial charge < -0.3 is 10.6 Å². The quantitative estimate of drug-likeness (QED) is 0.720. The summed E-state index contributed by atoms with van der Waals surface area (Å²) in [5, 5.41) is 15.4. The first-order valence-corrected chi connectivity index (χ1v) is 8.97. The number of amides is 2. The van der Waals surface area contributed by atoms with E-state index in [0.717, 1.165) is 23.7 Å². The van der Waals surface area contributed by atoms with E-state index >= 15 is 0 Å². The lowest BCUT2D eigenvalue weighted by atomic mass is 10.1. The lowest BCUT2D eigenvalue weighted by Gasteiger charge is -2.13. The SMILES string of the molecule is Cc1nnc(N2CC(C(=O)NCCCNc3cccnc3)CC2=O)s1. The van der Waals surface area contributed by atoms with E-state index in [1.54, 1.807) is 17.3 Å². The first-order valence-electron chi connectivity index (χ1n) is 8.15. The van der Waals surface area contributed by atoms with E-state index in [1.807, 2.05) is 19.1 Å². The molecule has 0 radical (unpaired) electrons. The van der Waals surface area contributed by atoms with Crippen molar-refractivity contribution in [2.75, 3.05) is 29.9 Å². The molecule has 1 atom stereocenters. The molecule has 2 N–H and O–H groups in total. The van der Waals surface area contributed by atoms with E-state index < -0.39 is 0 Å². The fraction of sp³-hybridized carbons (Fsp3) is 0.438. The number of hydrogen-bond acceptors (Lipinski definition) is 7. The predicted molar refractivity (Wildman–Crippen MR) is 95.5 cm³/mol. The Bertz CT molecular complexity index is 735. The van der Waals surface area contributed by atoms with Gasteiger partial charge in [0.25, 0.3) is 0 Å². The molecule has 0 bridgehead atoms. The minimum absolute atomic E-state index is 0.0745. The van der Waals surface area contributed by atoms with Gasteiger partial charge in [0.2, 0.25) is 16.9 Å². The number of pyridine rings is 1. The van der Waals surface area contributed by atoms with Gasteiger partial charge in [-0.2, -0.15) is 0 Å². The number of anilines is 2. The number of carbonyl (C=O) groups excluding carboxylic acids is 2. The zero-order valence-corrected chi connectivity index (χ0v) is 14.8. The normalized spacial score (nSPS) is 16.9. The molecule has 2 amide bonds. The number of carbonyl (C=O) groups is 2. The molecule has 1 saturated heterocycles. The van der Waals surface area contributed by atoms with Crippen LogP contribution in [-0.2, 0) is 9.59 Å². The summed E-state index contributed by atoms with van der Waals surface area (Å²) < 4.78 is 0. The Labute approximate surface area is 149 Å². The van der Waals surface area contributed by atoms with Gasteiger partial charge in [-0.1, -0.05) is 11.3 Å². The molecule has 2 aromatic heterocycles. The Morgan fingerprint density at radius 1 is 1.40 bits per heavy atom. The summed E-state index contributed by atoms with van der Waals surface area (Å²) in [6, 6.07) is 3.81. The molecule has 1 aliphatic heterocycles. The summed E-state index contributed by atoms with van der Waals surface area (Å²) in [5.74, 6) is -0.490. The molecule has 0 spiro atoms. The smallest absolute Gasteiger partial charge is 0.229 e. The summed E-state index contributed by atoms with van der Waals surface area (Å²) in [6.45, 7) is 3.51. The van der Waals surface area contributed by atoms with Crippen LogP contribution in [0.3, 0.4) is 0 Å². The van der Waals surface area contributed by atoms with E-state index in [-0.39, 0.29) is 24.2 Å². The van der Waals surface area contributed by atoms with E-state index in [2.05, 4.69) is 25.8 Å². The van der Waals surface area contributed by atoms with Crippen molar-refractivity contribution in [3.63, 3.8) is 0 Å². The standard InChI is InChI=1S/C16H20N6O2S/c1-11-20-21-16(25-11)22-10-12(8-14(22)23)15(24)19-7-3-6-18-13-4-2-5-17-9-13/h2,4-5,9,12,18H,3,6-8,10H2,1H3,(H,19,24). The Morgan fingerprint density at radius 3 is 3.00 bits per heavy atom. The van der Waals surface area contributed by atoms with E-state index in [0.29, 0.717) is 18.2 Å². The van der Waals surface area contributed by atoms with Crippen molar-refractivity contribution < 1.29 is 9.59 Å². The largest absolute Gasteiger partial charge is 0.384 e. The fourth-order valence-electron chi connectivity index (χ4n) is 2.61. The minimum Gasteiger partial charge on any atom is -0.384 e. The molecule has 3 rings (SSSR count). The fourth-order valence-corrected chi connectivity index (χ4v) is 3.32. The van der Waals surface area contributed by atoms with Crippen LogP contribution in [0.15, 0.2) is 24.5 Å². The van der Waals surface area contributed by atoms with Gasteiger partial charge in [-0.15, -0.1) is 10.2 Å². The number of rotatable bonds is 7. The van der Waals surface area contributed by atoms with Crippen LogP contribution in [0.2, 0.25) is 0 Å². The highest BCUT2D eigenvalue weighted by Crippen LogP contribution is 2.27. The van der Waals surface area contributed by atoms with Gasteiger partial charge in [0.05, 0.1) is 11.6 Å². The maximum Gasteiger partial charge on any atom is 0.229 e. The zero-order valence-electron chi connectivity index (χ0n) is 13.9. The lowest BCUT2D eigenvalue weighted by Crippen LogP contribution is -2.34. The number of hydrogen-bond donors (Lipinski definition) is 2. The van der Waals surface area contributed by atoms with E-state index in [4.69, 9.17) is 0 Å². The van der Waals surface area contributed by atoms with Crippen molar-refractivity contribution in [1.82, 2.24) is 20.5 Å². The van der Waals surface area contributed by atoms with Crippen LogP contribution in [-0.4, -0.2) is 46.6 Å². The molecular formula is C16H20N6O2S. The summed E-state index contributed by atoms with van der Waals surface area (Å²) in [5.41, 5.74) is 0.957. The predicted octanol–water partition coefficient (Wildman–Crippen LogP) is 1.21. The van der Waals surface area contributed by atoms with E-state index in [1.165, 1.54) is 11.3 Å². The van der Waals surface area contributed by atoms with Gasteiger partial charge in [-0.3, -0.25) is 19.5 Å². The molecule has 9 heteroatoms. The first kappa shape index (κ1) is 17.3. The van der Waals surface area contributed by atoms with Gasteiger partial charge in [-0.05, 0) is 25.5 Å². The van der Waals surface area contributed by atoms with Crippen LogP contribution in [0.1, 0.15) is 17.8 Å². The van der Waals surface area contributed by atoms with Gasteiger partial charge in [-0.25, -0.2) is 0 Å². The Balaban J connectivity index is 1.39. The molecule has 1 fully saturated rings. The topological polar surface area (TPSA) is 100 Å². The van der Waals surface area contributed by atoms with Crippen molar-refractivity contribution in [2.24, 2.45) is 5.92 Å². The highest BCUT2D eigenvalue weighted by molar-refractivity contribution is 7.15. The third kappa shape index (κ3) is 4.50. The molecule has 132 valence electrons. The van der Waals surface area contributed by atoms with Crippen LogP contribution >= 0.6 is 11.3 Å². The Hall–Kier alpha value is -2.55. The van der Waals surface area contributed by atoms with Crippen molar-refractivity contribution in [1.29, 1.82) is 0 Å². The summed E-state index contributed by atoms with van der Waals surface area (Å²) >= 11 is 1.36. The summed E-state index contributed by atoms with van der Waals surface area (Å²) in [6.07, 6.45) is 4.49. The third-order valence-corrected chi connectivity index (χ3v) is 4.75. The second-order valence-electron chi connectivity index (χ2n) is 5.82. The van der Waals surface area contributed by atoms with Crippen LogP contribution < -0.4 is 15.5 Å². The second-order valence-corrected chi connectivity index (χ2v) is 6.98. The van der Waals surface area contributed by atoms with Gasteiger partial charge >= 0.3 is 0 Å². The molecule has 1 aliphatic rings. The van der Waals surface area contributed by atoms with Crippen molar-refractivity contribution in [2.45, 2.75) is 19.8 Å². The molecule has 0 saturated carbocycles. The molecular weight excluding hydrogens is 340 g/mol. The Kier molecular flexibility index (Phi) is 5.54. The average Bonchev–Trinajstić information content (AvgIpc) is 3.21. The monoisotopic (exact) mass is 360 g/mol. The minimum atomic E-state index is -0.331. The number of nitrogens with one attached hydrogen (secondary N) is 2. The van der Waals surface area contributed by atoms with Gasteiger partial charge in [0.15, 0.2) is 0 Å².